The van der Waals surface area contributed by atoms with Crippen LogP contribution in [0.15, 0.2) is 18.2 Å². The fraction of sp³-hybridized carbons (Fsp3) is 0.579. The molecule has 0 bridgehead atoms. The van der Waals surface area contributed by atoms with E-state index in [1.54, 1.807) is 17.0 Å². The van der Waals surface area contributed by atoms with E-state index in [0.717, 1.165) is 24.3 Å². The van der Waals surface area contributed by atoms with Gasteiger partial charge in [-0.3, -0.25) is 0 Å². The predicted octanol–water partition coefficient (Wildman–Crippen LogP) is 2.99. The van der Waals surface area contributed by atoms with E-state index in [4.69, 9.17) is 14.2 Å². The van der Waals surface area contributed by atoms with Crippen LogP contribution in [0.5, 0.6) is 5.75 Å². The summed E-state index contributed by atoms with van der Waals surface area (Å²) < 4.78 is 16.7. The molecule has 0 spiro atoms. The van der Waals surface area contributed by atoms with Crippen LogP contribution in [-0.2, 0) is 16.1 Å². The molecular formula is C19H23NO5. The molecule has 4 rings (SSSR count). The molecule has 2 fully saturated rings. The molecule has 6 nitrogen and oxygen atoms in total. The average Bonchev–Trinajstić information content (AvgIpc) is 3.23. The number of esters is 1. The summed E-state index contributed by atoms with van der Waals surface area (Å²) in [7, 11) is 0. The molecule has 1 aromatic carbocycles. The van der Waals surface area contributed by atoms with E-state index < -0.39 is 5.60 Å². The minimum absolute atomic E-state index is 0.0395. The zero-order valence-electron chi connectivity index (χ0n) is 14.8. The first-order chi connectivity index (χ1) is 11.8. The quantitative estimate of drug-likeness (QED) is 0.771. The Hall–Kier alpha value is -2.24. The van der Waals surface area contributed by atoms with Crippen molar-refractivity contribution in [3.8, 4) is 5.75 Å². The van der Waals surface area contributed by atoms with Gasteiger partial charge in [-0.2, -0.15) is 0 Å². The highest BCUT2D eigenvalue weighted by molar-refractivity contribution is 5.93. The van der Waals surface area contributed by atoms with Crippen molar-refractivity contribution in [2.75, 3.05) is 13.1 Å². The third kappa shape index (κ3) is 3.30. The van der Waals surface area contributed by atoms with Gasteiger partial charge in [0.2, 0.25) is 0 Å². The van der Waals surface area contributed by atoms with Crippen LogP contribution in [0.4, 0.5) is 4.79 Å². The summed E-state index contributed by atoms with van der Waals surface area (Å²) in [5.74, 6) is 1.42. The van der Waals surface area contributed by atoms with Gasteiger partial charge in [0.15, 0.2) is 0 Å². The number of piperidine rings is 1. The zero-order valence-corrected chi connectivity index (χ0v) is 14.8. The first kappa shape index (κ1) is 16.2. The van der Waals surface area contributed by atoms with Crippen molar-refractivity contribution in [3.05, 3.63) is 29.3 Å². The van der Waals surface area contributed by atoms with Crippen LogP contribution >= 0.6 is 0 Å². The van der Waals surface area contributed by atoms with E-state index in [1.807, 2.05) is 26.8 Å². The SMILES string of the molecule is CC(C)(C)OC(=O)N1C[C@@H]2C[C@@H]2[C@H](Oc2ccc3c(c2)COC3=O)C1. The summed E-state index contributed by atoms with van der Waals surface area (Å²) in [4.78, 5) is 25.6. The van der Waals surface area contributed by atoms with Gasteiger partial charge < -0.3 is 19.1 Å². The Labute approximate surface area is 147 Å². The summed E-state index contributed by atoms with van der Waals surface area (Å²) in [5, 5.41) is 0. The van der Waals surface area contributed by atoms with Gasteiger partial charge in [-0.15, -0.1) is 0 Å². The van der Waals surface area contributed by atoms with Crippen molar-refractivity contribution < 1.29 is 23.8 Å². The summed E-state index contributed by atoms with van der Waals surface area (Å²) in [6.07, 6.45) is 0.762. The number of ether oxygens (including phenoxy) is 3. The minimum Gasteiger partial charge on any atom is -0.488 e. The number of benzene rings is 1. The Bertz CT molecular complexity index is 723. The maximum atomic E-state index is 12.4. The smallest absolute Gasteiger partial charge is 0.410 e. The van der Waals surface area contributed by atoms with Crippen molar-refractivity contribution in [2.45, 2.75) is 45.5 Å². The summed E-state index contributed by atoms with van der Waals surface area (Å²) in [6.45, 7) is 7.19. The topological polar surface area (TPSA) is 65.1 Å². The van der Waals surface area contributed by atoms with Crippen LogP contribution in [0.1, 0.15) is 43.1 Å². The molecule has 3 aliphatic rings. The van der Waals surface area contributed by atoms with Crippen molar-refractivity contribution in [1.82, 2.24) is 4.90 Å². The van der Waals surface area contributed by atoms with Gasteiger partial charge in [0.1, 0.15) is 24.1 Å². The van der Waals surface area contributed by atoms with Crippen LogP contribution < -0.4 is 4.74 Å². The Kier molecular flexibility index (Phi) is 3.67. The molecule has 1 aliphatic carbocycles. The lowest BCUT2D eigenvalue weighted by Crippen LogP contribution is -2.47. The number of rotatable bonds is 2. The summed E-state index contributed by atoms with van der Waals surface area (Å²) in [5.41, 5.74) is 0.964. The lowest BCUT2D eigenvalue weighted by molar-refractivity contribution is 0.00567. The van der Waals surface area contributed by atoms with Crippen LogP contribution in [0.25, 0.3) is 0 Å². The standard InChI is InChI=1S/C19H23NO5/c1-19(2,3)25-18(22)20-8-11-7-15(11)16(9-20)24-13-4-5-14-12(6-13)10-23-17(14)21/h4-6,11,15-16H,7-10H2,1-3H3/t11-,15-,16+/m0/s1. The third-order valence-electron chi connectivity index (χ3n) is 4.90. The fourth-order valence-electron chi connectivity index (χ4n) is 3.60. The molecule has 1 aromatic rings. The molecule has 1 amide bonds. The predicted molar refractivity (Wildman–Crippen MR) is 89.4 cm³/mol. The van der Waals surface area contributed by atoms with Gasteiger partial charge in [-0.1, -0.05) is 0 Å². The van der Waals surface area contributed by atoms with Crippen LogP contribution in [-0.4, -0.2) is 41.8 Å². The minimum atomic E-state index is -0.500. The van der Waals surface area contributed by atoms with Crippen LogP contribution in [0.3, 0.4) is 0 Å². The highest BCUT2D eigenvalue weighted by atomic mass is 16.6. The molecule has 0 aromatic heterocycles. The van der Waals surface area contributed by atoms with Crippen molar-refractivity contribution >= 4 is 12.1 Å². The number of likely N-dealkylation sites (tertiary alicyclic amines) is 1. The zero-order chi connectivity index (χ0) is 17.8. The average molecular weight is 345 g/mol. The molecule has 1 saturated heterocycles. The van der Waals surface area contributed by atoms with Crippen LogP contribution in [0.2, 0.25) is 0 Å². The van der Waals surface area contributed by atoms with E-state index in [9.17, 15) is 9.59 Å². The lowest BCUT2D eigenvalue weighted by atomic mass is 10.1. The molecule has 0 radical (unpaired) electrons. The first-order valence-electron chi connectivity index (χ1n) is 8.75. The van der Waals surface area contributed by atoms with Crippen LogP contribution in [0, 0.1) is 11.8 Å². The molecule has 3 atom stereocenters. The maximum absolute atomic E-state index is 12.4. The van der Waals surface area contributed by atoms with Gasteiger partial charge in [-0.25, -0.2) is 9.59 Å². The molecule has 0 N–H and O–H groups in total. The molecule has 2 aliphatic heterocycles. The Morgan fingerprint density at radius 1 is 1.28 bits per heavy atom. The number of hydrogen-bond acceptors (Lipinski definition) is 5. The van der Waals surface area contributed by atoms with Crippen molar-refractivity contribution in [1.29, 1.82) is 0 Å². The number of carbonyl (C=O) groups is 2. The Morgan fingerprint density at radius 2 is 2.08 bits per heavy atom. The number of fused-ring (bicyclic) bond motifs is 2. The summed E-state index contributed by atoms with van der Waals surface area (Å²) in [6, 6.07) is 5.41. The lowest BCUT2D eigenvalue weighted by Gasteiger charge is -2.34. The molecule has 25 heavy (non-hydrogen) atoms. The molecular weight excluding hydrogens is 322 g/mol. The van der Waals surface area contributed by atoms with E-state index in [0.29, 0.717) is 30.6 Å². The third-order valence-corrected chi connectivity index (χ3v) is 4.90. The van der Waals surface area contributed by atoms with Gasteiger partial charge in [-0.05, 0) is 51.3 Å². The molecule has 6 heteroatoms. The first-order valence-corrected chi connectivity index (χ1v) is 8.75. The van der Waals surface area contributed by atoms with E-state index >= 15 is 0 Å². The molecule has 2 heterocycles. The number of amides is 1. The number of hydrogen-bond donors (Lipinski definition) is 0. The Balaban J connectivity index is 1.44. The molecule has 134 valence electrons. The highest BCUT2D eigenvalue weighted by Gasteiger charge is 2.51. The second kappa shape index (κ2) is 5.64. The van der Waals surface area contributed by atoms with E-state index in [1.165, 1.54) is 0 Å². The largest absolute Gasteiger partial charge is 0.488 e. The number of cyclic esters (lactones) is 1. The fourth-order valence-corrected chi connectivity index (χ4v) is 3.60. The van der Waals surface area contributed by atoms with E-state index in [-0.39, 0.29) is 18.2 Å². The number of nitrogens with zero attached hydrogens (tertiary/aromatic N) is 1. The van der Waals surface area contributed by atoms with Gasteiger partial charge >= 0.3 is 12.1 Å². The summed E-state index contributed by atoms with van der Waals surface area (Å²) >= 11 is 0. The molecule has 1 saturated carbocycles. The molecule has 0 unspecified atom stereocenters. The normalized spacial score (nSPS) is 27.2. The Morgan fingerprint density at radius 3 is 2.84 bits per heavy atom. The maximum Gasteiger partial charge on any atom is 0.410 e. The van der Waals surface area contributed by atoms with E-state index in [2.05, 4.69) is 0 Å². The van der Waals surface area contributed by atoms with Crippen molar-refractivity contribution in [2.24, 2.45) is 11.8 Å². The monoisotopic (exact) mass is 345 g/mol. The highest BCUT2D eigenvalue weighted by Crippen LogP contribution is 2.46. The second-order valence-electron chi connectivity index (χ2n) is 8.10. The van der Waals surface area contributed by atoms with Gasteiger partial charge in [0.25, 0.3) is 0 Å². The second-order valence-corrected chi connectivity index (χ2v) is 8.10. The van der Waals surface area contributed by atoms with Crippen molar-refractivity contribution in [3.63, 3.8) is 0 Å². The van der Waals surface area contributed by atoms with Gasteiger partial charge in [0, 0.05) is 18.0 Å². The number of carbonyl (C=O) groups excluding carboxylic acids is 2. The van der Waals surface area contributed by atoms with Gasteiger partial charge in [0.05, 0.1) is 12.1 Å².